The van der Waals surface area contributed by atoms with Crippen molar-refractivity contribution in [2.45, 2.75) is 174 Å². The van der Waals surface area contributed by atoms with E-state index in [1.807, 2.05) is 13.8 Å². The van der Waals surface area contributed by atoms with Crippen LogP contribution in [-0.2, 0) is 38.0 Å². The van der Waals surface area contributed by atoms with Gasteiger partial charge in [-0.05, 0) is 92.8 Å². The molecule has 0 aromatic carbocycles. The molecule has 3 spiro atoms. The highest BCUT2D eigenvalue weighted by Gasteiger charge is 2.90. The van der Waals surface area contributed by atoms with E-state index in [4.69, 9.17) is 28.4 Å². The molecule has 5 aliphatic carbocycles. The zero-order valence-electron chi connectivity index (χ0n) is 31.7. The standard InChI is InChI=1S/C39H60O12/c1-18-14-22-30(34(6,7)49-20(3)41)51-39(50-22)29(18)36(9)26(47-19(2)40)15-38-17-37(38)13-12-25(48-31-28(44)27(43)21(42)16-46-31)33(4,5)23(37)10-11-24(38)35(36,8)32(39)45/h18,21-32,42-45H,10-17H2,1-9H3. The van der Waals surface area contributed by atoms with Crippen LogP contribution in [0.25, 0.3) is 0 Å². The third kappa shape index (κ3) is 4.42. The molecule has 18 unspecified atom stereocenters. The number of hydrogen-bond acceptors (Lipinski definition) is 12. The lowest BCUT2D eigenvalue weighted by Gasteiger charge is -2.65. The van der Waals surface area contributed by atoms with Crippen molar-refractivity contribution >= 4 is 11.9 Å². The Bertz CT molecular complexity index is 1470. The quantitative estimate of drug-likeness (QED) is 0.242. The van der Waals surface area contributed by atoms with Crippen LogP contribution >= 0.6 is 0 Å². The van der Waals surface area contributed by atoms with Gasteiger partial charge in [0.1, 0.15) is 42.2 Å². The molecule has 4 N–H and O–H groups in total. The van der Waals surface area contributed by atoms with Crippen molar-refractivity contribution in [3.05, 3.63) is 0 Å². The number of aliphatic hydroxyl groups is 4. The molecule has 0 aromatic rings. The number of carbonyl (C=O) groups is 2. The Labute approximate surface area is 301 Å². The van der Waals surface area contributed by atoms with Crippen molar-refractivity contribution in [1.29, 1.82) is 0 Å². The maximum atomic E-state index is 13.0. The van der Waals surface area contributed by atoms with Crippen molar-refractivity contribution < 1.29 is 58.4 Å². The van der Waals surface area contributed by atoms with Gasteiger partial charge in [0.05, 0.1) is 18.8 Å². The molecule has 12 nitrogen and oxygen atoms in total. The highest BCUT2D eigenvalue weighted by Crippen LogP contribution is 2.90. The van der Waals surface area contributed by atoms with Crippen LogP contribution in [0, 0.1) is 50.7 Å². The summed E-state index contributed by atoms with van der Waals surface area (Å²) in [5.74, 6) is -1.91. The lowest BCUT2D eigenvalue weighted by molar-refractivity contribution is -0.304. The lowest BCUT2D eigenvalue weighted by atomic mass is 9.40. The fourth-order valence-electron chi connectivity index (χ4n) is 14.7. The van der Waals surface area contributed by atoms with Gasteiger partial charge in [0.25, 0.3) is 0 Å². The molecule has 0 amide bonds. The van der Waals surface area contributed by atoms with Gasteiger partial charge in [-0.25, -0.2) is 0 Å². The number of carbonyl (C=O) groups excluding carboxylic acids is 2. The minimum Gasteiger partial charge on any atom is -0.462 e. The Morgan fingerprint density at radius 1 is 0.843 bits per heavy atom. The second-order valence-electron chi connectivity index (χ2n) is 19.5. The first kappa shape index (κ1) is 36.6. The number of hydrogen-bond donors (Lipinski definition) is 4. The molecule has 5 saturated carbocycles. The summed E-state index contributed by atoms with van der Waals surface area (Å²) < 4.78 is 38.4. The van der Waals surface area contributed by atoms with Gasteiger partial charge in [0, 0.05) is 30.6 Å². The van der Waals surface area contributed by atoms with E-state index in [1.165, 1.54) is 13.8 Å². The summed E-state index contributed by atoms with van der Waals surface area (Å²) in [4.78, 5) is 25.2. The van der Waals surface area contributed by atoms with E-state index >= 15 is 0 Å². The molecule has 8 aliphatic rings. The molecule has 3 saturated heterocycles. The smallest absolute Gasteiger partial charge is 0.303 e. The van der Waals surface area contributed by atoms with Gasteiger partial charge >= 0.3 is 11.9 Å². The first-order valence-electron chi connectivity index (χ1n) is 19.4. The average Bonchev–Trinajstić information content (AvgIpc) is 3.52. The average molecular weight is 721 g/mol. The van der Waals surface area contributed by atoms with Crippen molar-refractivity contribution in [2.24, 2.45) is 50.7 Å². The minimum atomic E-state index is -1.35. The topological polar surface area (TPSA) is 170 Å². The summed E-state index contributed by atoms with van der Waals surface area (Å²) in [6.07, 6.45) is -1.84. The van der Waals surface area contributed by atoms with E-state index in [1.54, 1.807) is 0 Å². The number of ether oxygens (including phenoxy) is 6. The van der Waals surface area contributed by atoms with Crippen LogP contribution in [0.2, 0.25) is 0 Å². The summed E-state index contributed by atoms with van der Waals surface area (Å²) in [6, 6.07) is 0. The van der Waals surface area contributed by atoms with Gasteiger partial charge in [-0.1, -0.05) is 34.6 Å². The van der Waals surface area contributed by atoms with Crippen LogP contribution in [0.15, 0.2) is 0 Å². The van der Waals surface area contributed by atoms with Gasteiger partial charge in [-0.15, -0.1) is 0 Å². The summed E-state index contributed by atoms with van der Waals surface area (Å²) in [5.41, 5.74) is -2.95. The molecule has 8 fully saturated rings. The number of rotatable bonds is 5. The largest absolute Gasteiger partial charge is 0.462 e. The Balaban J connectivity index is 1.15. The van der Waals surface area contributed by atoms with E-state index in [-0.39, 0.29) is 64.7 Å². The SMILES string of the molecule is CC(=O)OC1CC23CC24CCC(OC2OCC(O)C(O)C2O)C(C)(C)C4CCC3C2(C)C(O)C34OC(CC(C)C3C12C)C(C(C)(C)OC(C)=O)O4. The summed E-state index contributed by atoms with van der Waals surface area (Å²) in [5, 5.41) is 44.1. The molecule has 2 bridgehead atoms. The molecule has 0 aromatic heterocycles. The fourth-order valence-corrected chi connectivity index (χ4v) is 14.7. The van der Waals surface area contributed by atoms with Crippen molar-refractivity contribution in [3.8, 4) is 0 Å². The predicted molar refractivity (Wildman–Crippen MR) is 179 cm³/mol. The Morgan fingerprint density at radius 2 is 1.53 bits per heavy atom. The predicted octanol–water partition coefficient (Wildman–Crippen LogP) is 3.23. The summed E-state index contributed by atoms with van der Waals surface area (Å²) in [7, 11) is 0. The van der Waals surface area contributed by atoms with Crippen molar-refractivity contribution in [2.75, 3.05) is 6.61 Å². The molecule has 3 aliphatic heterocycles. The number of fused-ring (bicyclic) bond motifs is 4. The number of aliphatic hydroxyl groups excluding tert-OH is 4. The molecular weight excluding hydrogens is 660 g/mol. The molecule has 0 radical (unpaired) electrons. The maximum absolute atomic E-state index is 13.0. The van der Waals surface area contributed by atoms with Crippen LogP contribution in [-0.4, -0.2) is 105 Å². The van der Waals surface area contributed by atoms with Gasteiger partial charge < -0.3 is 48.8 Å². The summed E-state index contributed by atoms with van der Waals surface area (Å²) in [6.45, 7) is 17.5. The fraction of sp³-hybridized carbons (Fsp3) is 0.949. The van der Waals surface area contributed by atoms with E-state index in [2.05, 4.69) is 34.6 Å². The van der Waals surface area contributed by atoms with E-state index in [0.717, 1.165) is 32.1 Å². The Hall–Kier alpha value is -1.38. The molecule has 288 valence electrons. The van der Waals surface area contributed by atoms with Crippen LogP contribution < -0.4 is 0 Å². The van der Waals surface area contributed by atoms with Crippen LogP contribution in [0.3, 0.4) is 0 Å². The number of esters is 2. The summed E-state index contributed by atoms with van der Waals surface area (Å²) >= 11 is 0. The molecule has 51 heavy (non-hydrogen) atoms. The van der Waals surface area contributed by atoms with Crippen LogP contribution in [0.1, 0.15) is 107 Å². The third-order valence-electron chi connectivity index (χ3n) is 16.6. The van der Waals surface area contributed by atoms with Crippen molar-refractivity contribution in [3.63, 3.8) is 0 Å². The Morgan fingerprint density at radius 3 is 2.20 bits per heavy atom. The molecular formula is C39H60O12. The Kier molecular flexibility index (Phi) is 7.97. The molecule has 18 atom stereocenters. The lowest BCUT2D eigenvalue weighted by Crippen LogP contribution is -2.65. The minimum absolute atomic E-state index is 0.0553. The zero-order valence-corrected chi connectivity index (χ0v) is 31.7. The normalized spacial score (nSPS) is 56.5. The van der Waals surface area contributed by atoms with Crippen LogP contribution in [0.5, 0.6) is 0 Å². The van der Waals surface area contributed by atoms with E-state index < -0.39 is 71.1 Å². The first-order valence-corrected chi connectivity index (χ1v) is 19.4. The van der Waals surface area contributed by atoms with Gasteiger partial charge in [0.15, 0.2) is 12.1 Å². The first-order chi connectivity index (χ1) is 23.6. The van der Waals surface area contributed by atoms with Gasteiger partial charge in [-0.2, -0.15) is 0 Å². The van der Waals surface area contributed by atoms with Crippen molar-refractivity contribution in [1.82, 2.24) is 0 Å². The molecule has 8 rings (SSSR count). The highest BCUT2D eigenvalue weighted by molar-refractivity contribution is 5.67. The van der Waals surface area contributed by atoms with Crippen LogP contribution in [0.4, 0.5) is 0 Å². The van der Waals surface area contributed by atoms with E-state index in [9.17, 15) is 30.0 Å². The van der Waals surface area contributed by atoms with E-state index in [0.29, 0.717) is 12.8 Å². The molecule has 3 heterocycles. The molecule has 12 heteroatoms. The highest BCUT2D eigenvalue weighted by atomic mass is 16.8. The van der Waals surface area contributed by atoms with Gasteiger partial charge in [-0.3, -0.25) is 9.59 Å². The van der Waals surface area contributed by atoms with Gasteiger partial charge in [0.2, 0.25) is 0 Å². The second kappa shape index (κ2) is 11.1. The maximum Gasteiger partial charge on any atom is 0.303 e. The zero-order chi connectivity index (χ0) is 37.1. The second-order valence-corrected chi connectivity index (χ2v) is 19.5. The third-order valence-corrected chi connectivity index (χ3v) is 16.6. The monoisotopic (exact) mass is 720 g/mol.